The van der Waals surface area contributed by atoms with Gasteiger partial charge in [-0.25, -0.2) is 4.79 Å². The second-order valence-electron chi connectivity index (χ2n) is 8.05. The molecule has 1 heterocycles. The van der Waals surface area contributed by atoms with E-state index in [-0.39, 0.29) is 18.4 Å². The summed E-state index contributed by atoms with van der Waals surface area (Å²) < 4.78 is 7.69. The normalized spacial score (nSPS) is 34.0. The highest BCUT2D eigenvalue weighted by molar-refractivity contribution is 5.67. The molecule has 0 aromatic carbocycles. The van der Waals surface area contributed by atoms with E-state index in [1.807, 2.05) is 35.9 Å². The molecule has 1 aromatic rings. The molecule has 0 aliphatic heterocycles. The molecule has 3 nitrogen and oxygen atoms in total. The van der Waals surface area contributed by atoms with E-state index in [1.165, 1.54) is 38.5 Å². The number of rotatable bonds is 4. The van der Waals surface area contributed by atoms with Gasteiger partial charge in [-0.15, -0.1) is 0 Å². The largest absolute Gasteiger partial charge is 1.00 e. The average Bonchev–Trinajstić information content (AvgIpc) is 2.46. The van der Waals surface area contributed by atoms with Crippen molar-refractivity contribution in [1.82, 2.24) is 0 Å². The summed E-state index contributed by atoms with van der Waals surface area (Å²) in [6, 6.07) is 5.97. The zero-order valence-electron chi connectivity index (χ0n) is 13.8. The number of carbonyl (C=O) groups is 1. The molecule has 0 spiro atoms. The van der Waals surface area contributed by atoms with E-state index < -0.39 is 0 Å². The van der Waals surface area contributed by atoms with Crippen LogP contribution < -0.4 is 17.0 Å². The Labute approximate surface area is 144 Å². The molecule has 4 bridgehead atoms. The third-order valence-corrected chi connectivity index (χ3v) is 6.17. The molecule has 126 valence electrons. The van der Waals surface area contributed by atoms with Gasteiger partial charge in [0.15, 0.2) is 11.9 Å². The number of aryl methyl sites for hydroxylation is 1. The average molecular weight is 336 g/mol. The van der Waals surface area contributed by atoms with Crippen LogP contribution in [0.4, 0.5) is 0 Å². The van der Waals surface area contributed by atoms with Crippen molar-refractivity contribution in [3.8, 4) is 0 Å². The van der Waals surface area contributed by atoms with E-state index in [1.54, 1.807) is 0 Å². The van der Waals surface area contributed by atoms with E-state index in [4.69, 9.17) is 4.74 Å². The lowest BCUT2D eigenvalue weighted by molar-refractivity contribution is -0.692. The Hall–Kier alpha value is -1.09. The topological polar surface area (TPSA) is 30.2 Å². The monoisotopic (exact) mass is 335 g/mol. The summed E-state index contributed by atoms with van der Waals surface area (Å²) in [5, 5.41) is 0. The molecule has 5 rings (SSSR count). The van der Waals surface area contributed by atoms with Crippen LogP contribution in [0.5, 0.6) is 0 Å². The fourth-order valence-corrected chi connectivity index (χ4v) is 5.62. The number of hydrogen-bond acceptors (Lipinski definition) is 2. The molecular weight excluding hydrogens is 310 g/mol. The van der Waals surface area contributed by atoms with Crippen LogP contribution in [0.3, 0.4) is 0 Å². The number of esters is 1. The Morgan fingerprint density at radius 1 is 1.17 bits per heavy atom. The van der Waals surface area contributed by atoms with E-state index in [2.05, 4.69) is 0 Å². The lowest BCUT2D eigenvalue weighted by Gasteiger charge is -2.56. The predicted octanol–water partition coefficient (Wildman–Crippen LogP) is 0.0461. The molecule has 0 atom stereocenters. The number of nitrogens with zero attached hydrogens (tertiary/aromatic N) is 1. The van der Waals surface area contributed by atoms with Crippen LogP contribution in [0.15, 0.2) is 24.4 Å². The summed E-state index contributed by atoms with van der Waals surface area (Å²) in [6.45, 7) is 3.01. The molecule has 4 saturated carbocycles. The molecule has 0 saturated heterocycles. The number of carbonyl (C=O) groups excluding carboxylic acids is 1. The molecule has 4 heteroatoms. The molecule has 4 fully saturated rings. The maximum atomic E-state index is 12.2. The minimum Gasteiger partial charge on any atom is -1.00 e. The van der Waals surface area contributed by atoms with Gasteiger partial charge in [-0.1, -0.05) is 6.07 Å². The summed E-state index contributed by atoms with van der Waals surface area (Å²) in [5.74, 6) is 2.65. The fourth-order valence-electron chi connectivity index (χ4n) is 5.62. The van der Waals surface area contributed by atoms with Crippen molar-refractivity contribution in [2.75, 3.05) is 6.61 Å². The van der Waals surface area contributed by atoms with Gasteiger partial charge in [-0.2, -0.15) is 4.57 Å². The molecule has 0 N–H and O–H groups in total. The van der Waals surface area contributed by atoms with Crippen molar-refractivity contribution in [2.45, 2.75) is 52.0 Å². The maximum absolute atomic E-state index is 12.2. The van der Waals surface area contributed by atoms with Crippen molar-refractivity contribution in [1.29, 1.82) is 0 Å². The quantitative estimate of drug-likeness (QED) is 0.575. The van der Waals surface area contributed by atoms with Gasteiger partial charge in [0.1, 0.15) is 0 Å². The van der Waals surface area contributed by atoms with Crippen molar-refractivity contribution in [3.05, 3.63) is 30.1 Å². The fraction of sp³-hybridized carbons (Fsp3) is 0.684. The molecule has 4 aliphatic carbocycles. The third-order valence-electron chi connectivity index (χ3n) is 6.17. The second kappa shape index (κ2) is 6.43. The van der Waals surface area contributed by atoms with Crippen molar-refractivity contribution < 1.29 is 26.5 Å². The molecular formula is C19H26ClNO2. The van der Waals surface area contributed by atoms with E-state index in [0.717, 1.165) is 23.4 Å². The lowest BCUT2D eigenvalue weighted by Crippen LogP contribution is -3.00. The van der Waals surface area contributed by atoms with Crippen LogP contribution >= 0.6 is 0 Å². The number of hydrogen-bond donors (Lipinski definition) is 0. The van der Waals surface area contributed by atoms with Gasteiger partial charge in [-0.3, -0.25) is 0 Å². The summed E-state index contributed by atoms with van der Waals surface area (Å²) in [4.78, 5) is 12.2. The van der Waals surface area contributed by atoms with Crippen LogP contribution in [-0.4, -0.2) is 12.6 Å². The number of aromatic nitrogens is 1. The van der Waals surface area contributed by atoms with Gasteiger partial charge in [0.2, 0.25) is 6.54 Å². The first kappa shape index (κ1) is 16.8. The Morgan fingerprint density at radius 3 is 2.35 bits per heavy atom. The summed E-state index contributed by atoms with van der Waals surface area (Å²) in [6.07, 6.45) is 10.1. The minimum atomic E-state index is -0.0879. The highest BCUT2D eigenvalue weighted by Crippen LogP contribution is 2.60. The highest BCUT2D eigenvalue weighted by Gasteiger charge is 2.51. The molecule has 23 heavy (non-hydrogen) atoms. The highest BCUT2D eigenvalue weighted by atomic mass is 35.5. The first-order valence-corrected chi connectivity index (χ1v) is 8.73. The molecule has 0 amide bonds. The zero-order chi connectivity index (χ0) is 15.2. The first-order chi connectivity index (χ1) is 10.6. The zero-order valence-corrected chi connectivity index (χ0v) is 14.6. The number of pyridine rings is 1. The maximum Gasteiger partial charge on any atom is 0.372 e. The van der Waals surface area contributed by atoms with Gasteiger partial charge in [0, 0.05) is 24.5 Å². The number of halogens is 1. The Balaban J connectivity index is 0.00000156. The number of ether oxygens (including phenoxy) is 1. The molecule has 1 aromatic heterocycles. The smallest absolute Gasteiger partial charge is 0.372 e. The third kappa shape index (κ3) is 3.40. The van der Waals surface area contributed by atoms with Crippen molar-refractivity contribution in [3.63, 3.8) is 0 Å². The van der Waals surface area contributed by atoms with Gasteiger partial charge in [-0.05, 0) is 56.3 Å². The van der Waals surface area contributed by atoms with Crippen molar-refractivity contribution in [2.24, 2.45) is 23.2 Å². The minimum absolute atomic E-state index is 0. The van der Waals surface area contributed by atoms with Gasteiger partial charge >= 0.3 is 5.97 Å². The van der Waals surface area contributed by atoms with Crippen molar-refractivity contribution >= 4 is 5.97 Å². The summed E-state index contributed by atoms with van der Waals surface area (Å²) in [7, 11) is 0. The van der Waals surface area contributed by atoms with Gasteiger partial charge < -0.3 is 17.1 Å². The Morgan fingerprint density at radius 2 is 1.78 bits per heavy atom. The van der Waals surface area contributed by atoms with Crippen LogP contribution in [0.25, 0.3) is 0 Å². The Bertz CT molecular complexity index is 551. The standard InChI is InChI=1S/C19H26NO2.ClH/c1-14-4-2-3-5-20(14)12-18(21)22-13-19-9-15-6-16(10-19)8-17(7-15)11-19;/h2-5,15-17H,6-13H2,1H3;1H/q+1;/p-1. The molecule has 0 radical (unpaired) electrons. The van der Waals surface area contributed by atoms with Crippen LogP contribution in [0, 0.1) is 30.1 Å². The Kier molecular flexibility index (Phi) is 4.68. The van der Waals surface area contributed by atoms with Crippen LogP contribution in [-0.2, 0) is 16.1 Å². The molecule has 4 aliphatic rings. The van der Waals surface area contributed by atoms with E-state index in [9.17, 15) is 4.79 Å². The van der Waals surface area contributed by atoms with Crippen LogP contribution in [0.1, 0.15) is 44.2 Å². The van der Waals surface area contributed by atoms with E-state index in [0.29, 0.717) is 18.6 Å². The second-order valence-corrected chi connectivity index (χ2v) is 8.05. The predicted molar refractivity (Wildman–Crippen MR) is 82.9 cm³/mol. The SMILES string of the molecule is Cc1cccc[n+]1CC(=O)OCC12CC3CC(CC(C3)C1)C2.[Cl-]. The van der Waals surface area contributed by atoms with Gasteiger partial charge in [0.25, 0.3) is 0 Å². The molecule has 0 unspecified atom stereocenters. The van der Waals surface area contributed by atoms with Crippen LogP contribution in [0.2, 0.25) is 0 Å². The van der Waals surface area contributed by atoms with Gasteiger partial charge in [0.05, 0.1) is 6.61 Å². The summed E-state index contributed by atoms with van der Waals surface area (Å²) in [5.41, 5.74) is 1.41. The van der Waals surface area contributed by atoms with E-state index >= 15 is 0 Å². The summed E-state index contributed by atoms with van der Waals surface area (Å²) >= 11 is 0. The first-order valence-electron chi connectivity index (χ1n) is 8.73. The lowest BCUT2D eigenvalue weighted by atomic mass is 9.50.